The van der Waals surface area contributed by atoms with E-state index in [2.05, 4.69) is 0 Å². The molecule has 0 aliphatic rings. The summed E-state index contributed by atoms with van der Waals surface area (Å²) >= 11 is 5.96. The van der Waals surface area contributed by atoms with E-state index >= 15 is 0 Å². The van der Waals surface area contributed by atoms with Gasteiger partial charge in [0.2, 0.25) is 5.91 Å². The van der Waals surface area contributed by atoms with E-state index < -0.39 is 83.6 Å². The predicted molar refractivity (Wildman–Crippen MR) is 123 cm³/mol. The Morgan fingerprint density at radius 3 is 2.10 bits per heavy atom. The van der Waals surface area contributed by atoms with Crippen LogP contribution in [0.2, 0.25) is 5.02 Å². The van der Waals surface area contributed by atoms with E-state index in [4.69, 9.17) is 11.6 Å². The van der Waals surface area contributed by atoms with Gasteiger partial charge in [-0.05, 0) is 35.8 Å². The van der Waals surface area contributed by atoms with E-state index in [1.54, 1.807) is 6.92 Å². The van der Waals surface area contributed by atoms with Gasteiger partial charge in [0.25, 0.3) is 0 Å². The highest BCUT2D eigenvalue weighted by Crippen LogP contribution is 2.41. The minimum absolute atomic E-state index is 0.00707. The molecule has 1 unspecified atom stereocenters. The quantitative estimate of drug-likeness (QED) is 0.236. The lowest BCUT2D eigenvalue weighted by molar-refractivity contribution is -0.140. The molecule has 0 aromatic heterocycles. The Kier molecular flexibility index (Phi) is 10.2. The SMILES string of the molecule is CCc1ccc(C(/C=C(\F)c2ccc(C(=O)CCC(=O)NCC(F)(F)F)c(C(F)(F)F)c2)C(F)(F)F)cc1Cl. The normalized spacial score (nSPS) is 13.8. The molecule has 3 nitrogen and oxygen atoms in total. The van der Waals surface area contributed by atoms with Gasteiger partial charge in [-0.3, -0.25) is 9.59 Å². The van der Waals surface area contributed by atoms with Crippen LogP contribution in [0, 0.1) is 0 Å². The molecule has 2 rings (SSSR count). The van der Waals surface area contributed by atoms with Crippen molar-refractivity contribution in [1.29, 1.82) is 0 Å². The van der Waals surface area contributed by atoms with Crippen molar-refractivity contribution in [1.82, 2.24) is 5.32 Å². The molecule has 1 N–H and O–H groups in total. The van der Waals surface area contributed by atoms with Gasteiger partial charge in [0.05, 0.1) is 5.56 Å². The lowest BCUT2D eigenvalue weighted by Gasteiger charge is -2.19. The monoisotopic (exact) mass is 591 g/mol. The number of ketones is 1. The van der Waals surface area contributed by atoms with Gasteiger partial charge < -0.3 is 5.32 Å². The maximum absolute atomic E-state index is 14.9. The van der Waals surface area contributed by atoms with Crippen molar-refractivity contribution in [3.63, 3.8) is 0 Å². The van der Waals surface area contributed by atoms with Crippen LogP contribution in [0.1, 0.15) is 58.3 Å². The van der Waals surface area contributed by atoms with Crippen molar-refractivity contribution in [2.45, 2.75) is 50.6 Å². The van der Waals surface area contributed by atoms with Crippen LogP contribution in [0.4, 0.5) is 43.9 Å². The molecule has 1 atom stereocenters. The smallest absolute Gasteiger partial charge is 0.347 e. The number of benzene rings is 2. The lowest BCUT2D eigenvalue weighted by atomic mass is 9.93. The molecular weight excluding hydrogens is 572 g/mol. The first kappa shape index (κ1) is 32.1. The molecule has 2 aromatic rings. The summed E-state index contributed by atoms with van der Waals surface area (Å²) in [5, 5.41) is 1.45. The van der Waals surface area contributed by atoms with Crippen LogP contribution in [-0.4, -0.2) is 30.6 Å². The molecule has 0 heterocycles. The van der Waals surface area contributed by atoms with Gasteiger partial charge in [0, 0.05) is 29.0 Å². The van der Waals surface area contributed by atoms with Crippen LogP contribution in [-0.2, 0) is 17.4 Å². The van der Waals surface area contributed by atoms with Gasteiger partial charge in [-0.1, -0.05) is 42.8 Å². The average molecular weight is 592 g/mol. The number of alkyl halides is 9. The molecule has 1 amide bonds. The first-order valence-corrected chi connectivity index (χ1v) is 11.5. The van der Waals surface area contributed by atoms with E-state index in [0.717, 1.165) is 12.1 Å². The largest absolute Gasteiger partial charge is 0.417 e. The molecule has 14 heteroatoms. The van der Waals surface area contributed by atoms with Crippen molar-refractivity contribution in [2.24, 2.45) is 0 Å². The van der Waals surface area contributed by atoms with E-state index in [1.165, 1.54) is 11.4 Å². The molecule has 0 radical (unpaired) electrons. The van der Waals surface area contributed by atoms with Crippen LogP contribution in [0.5, 0.6) is 0 Å². The van der Waals surface area contributed by atoms with Crippen molar-refractivity contribution in [3.05, 3.63) is 75.3 Å². The van der Waals surface area contributed by atoms with Gasteiger partial charge in [-0.25, -0.2) is 4.39 Å². The van der Waals surface area contributed by atoms with Gasteiger partial charge >= 0.3 is 18.5 Å². The number of Topliss-reactive ketones (excluding diaryl/α,β-unsaturated/α-hetero) is 1. The fourth-order valence-corrected chi connectivity index (χ4v) is 3.81. The fourth-order valence-electron chi connectivity index (χ4n) is 3.49. The summed E-state index contributed by atoms with van der Waals surface area (Å²) in [5.74, 6) is -6.76. The molecule has 0 aliphatic carbocycles. The fraction of sp³-hybridized carbons (Fsp3) is 0.360. The van der Waals surface area contributed by atoms with E-state index in [0.29, 0.717) is 24.1 Å². The standard InChI is InChI=1S/C25H20ClF10NO2/c1-2-13-3-4-14(10-19(13)26)17(24(31,32)33)11-20(27)15-5-6-16(18(9-15)25(34,35)36)21(38)7-8-22(39)37-12-23(28,29)30/h3-6,9-11,17H,2,7-8,12H2,1H3,(H,37,39)/b20-11-. The van der Waals surface area contributed by atoms with Gasteiger partial charge in [-0.2, -0.15) is 39.5 Å². The summed E-state index contributed by atoms with van der Waals surface area (Å²) in [6.45, 7) is -0.000943. The summed E-state index contributed by atoms with van der Waals surface area (Å²) in [7, 11) is 0. The topological polar surface area (TPSA) is 46.2 Å². The Bertz CT molecular complexity index is 1230. The zero-order valence-electron chi connectivity index (χ0n) is 19.9. The maximum atomic E-state index is 14.9. The lowest BCUT2D eigenvalue weighted by Crippen LogP contribution is -2.33. The van der Waals surface area contributed by atoms with Crippen molar-refractivity contribution < 1.29 is 53.5 Å². The maximum Gasteiger partial charge on any atom is 0.417 e. The van der Waals surface area contributed by atoms with Crippen LogP contribution in [0.25, 0.3) is 5.83 Å². The molecule has 0 fully saturated rings. The molecule has 2 aromatic carbocycles. The molecule has 0 spiro atoms. The second-order valence-corrected chi connectivity index (χ2v) is 8.72. The first-order valence-electron chi connectivity index (χ1n) is 11.1. The number of hydrogen-bond donors (Lipinski definition) is 1. The van der Waals surface area contributed by atoms with E-state index in [9.17, 15) is 53.5 Å². The Morgan fingerprint density at radius 2 is 1.59 bits per heavy atom. The van der Waals surface area contributed by atoms with Crippen molar-refractivity contribution in [3.8, 4) is 0 Å². The molecule has 0 saturated carbocycles. The Hall–Kier alpha value is -3.09. The zero-order chi connectivity index (χ0) is 29.8. The number of carbonyl (C=O) groups is 2. The third-order valence-corrected chi connectivity index (χ3v) is 5.80. The molecule has 0 saturated heterocycles. The Balaban J connectivity index is 2.38. The molecule has 0 bridgehead atoms. The number of hydrogen-bond acceptors (Lipinski definition) is 2. The van der Waals surface area contributed by atoms with Crippen LogP contribution >= 0.6 is 11.6 Å². The number of amides is 1. The molecule has 214 valence electrons. The number of nitrogens with one attached hydrogen (secondary N) is 1. The minimum Gasteiger partial charge on any atom is -0.347 e. The molecule has 0 aliphatic heterocycles. The summed E-state index contributed by atoms with van der Waals surface area (Å²) in [5.41, 5.74) is -3.56. The van der Waals surface area contributed by atoms with Gasteiger partial charge in [0.15, 0.2) is 5.78 Å². The number of rotatable bonds is 9. The second-order valence-electron chi connectivity index (χ2n) is 8.31. The Morgan fingerprint density at radius 1 is 0.949 bits per heavy atom. The van der Waals surface area contributed by atoms with E-state index in [1.807, 2.05) is 0 Å². The highest BCUT2D eigenvalue weighted by molar-refractivity contribution is 6.31. The first-order chi connectivity index (χ1) is 17.8. The summed E-state index contributed by atoms with van der Waals surface area (Å²) in [6.07, 6.45) is -16.3. The van der Waals surface area contributed by atoms with Crippen LogP contribution in [0.3, 0.4) is 0 Å². The van der Waals surface area contributed by atoms with Gasteiger partial charge in [-0.15, -0.1) is 0 Å². The third-order valence-electron chi connectivity index (χ3n) is 5.45. The van der Waals surface area contributed by atoms with Crippen LogP contribution < -0.4 is 5.32 Å². The van der Waals surface area contributed by atoms with Crippen molar-refractivity contribution in [2.75, 3.05) is 6.54 Å². The predicted octanol–water partition coefficient (Wildman–Crippen LogP) is 8.22. The number of aryl methyl sites for hydroxylation is 1. The number of allylic oxidation sites excluding steroid dienone is 1. The van der Waals surface area contributed by atoms with Crippen molar-refractivity contribution >= 4 is 29.1 Å². The molecule has 39 heavy (non-hydrogen) atoms. The molecular formula is C25H20ClF10NO2. The Labute approximate surface area is 220 Å². The van der Waals surface area contributed by atoms with E-state index in [-0.39, 0.29) is 17.2 Å². The summed E-state index contributed by atoms with van der Waals surface area (Å²) < 4.78 is 133. The van der Waals surface area contributed by atoms with Gasteiger partial charge in [0.1, 0.15) is 18.3 Å². The summed E-state index contributed by atoms with van der Waals surface area (Å²) in [4.78, 5) is 23.8. The second kappa shape index (κ2) is 12.4. The summed E-state index contributed by atoms with van der Waals surface area (Å²) in [6, 6.07) is 4.68. The number of halogens is 11. The zero-order valence-corrected chi connectivity index (χ0v) is 20.7. The average Bonchev–Trinajstić information content (AvgIpc) is 2.82. The highest BCUT2D eigenvalue weighted by Gasteiger charge is 2.40. The number of carbonyl (C=O) groups excluding carboxylic acids is 2. The highest BCUT2D eigenvalue weighted by atomic mass is 35.5. The van der Waals surface area contributed by atoms with Crippen LogP contribution in [0.15, 0.2) is 42.5 Å². The minimum atomic E-state index is -5.26. The third kappa shape index (κ3) is 9.26.